The van der Waals surface area contributed by atoms with Gasteiger partial charge in [-0.3, -0.25) is 9.48 Å². The Hall–Kier alpha value is -1.17. The molecule has 1 aliphatic rings. The van der Waals surface area contributed by atoms with Gasteiger partial charge in [-0.25, -0.2) is 8.42 Å². The molecule has 0 bridgehead atoms. The molecule has 1 unspecified atom stereocenters. The van der Waals surface area contributed by atoms with Crippen molar-refractivity contribution in [2.75, 3.05) is 11.5 Å². The fraction of sp³-hybridized carbons (Fsp3) is 0.636. The van der Waals surface area contributed by atoms with Crippen LogP contribution in [0.2, 0.25) is 0 Å². The van der Waals surface area contributed by atoms with E-state index in [1.807, 2.05) is 13.1 Å². The number of hydrogen-bond donors (Lipinski definition) is 0. The minimum Gasteiger partial charge on any atom is -0.299 e. The third-order valence-corrected chi connectivity index (χ3v) is 4.84. The first-order valence-electron chi connectivity index (χ1n) is 5.74. The van der Waals surface area contributed by atoms with Crippen LogP contribution in [0.4, 0.5) is 0 Å². The van der Waals surface area contributed by atoms with E-state index in [1.165, 1.54) is 0 Å². The van der Waals surface area contributed by atoms with Crippen LogP contribution in [0.25, 0.3) is 0 Å². The van der Waals surface area contributed by atoms with E-state index in [0.29, 0.717) is 12.8 Å². The normalized spacial score (nSPS) is 22.8. The number of nitrogens with zero attached hydrogens (tertiary/aromatic N) is 2. The van der Waals surface area contributed by atoms with Crippen molar-refractivity contribution in [3.05, 3.63) is 18.0 Å². The summed E-state index contributed by atoms with van der Waals surface area (Å²) in [6.07, 6.45) is 4.27. The fourth-order valence-electron chi connectivity index (χ4n) is 2.07. The Kier molecular flexibility index (Phi) is 3.33. The number of Topliss-reactive ketones (excluding diaryl/α,β-unsaturated/α-hetero) is 1. The third kappa shape index (κ3) is 2.94. The molecule has 0 aliphatic carbocycles. The molecule has 5 nitrogen and oxygen atoms in total. The third-order valence-electron chi connectivity index (χ3n) is 3.08. The second kappa shape index (κ2) is 4.60. The van der Waals surface area contributed by atoms with Crippen LogP contribution in [0.1, 0.15) is 18.9 Å². The Morgan fingerprint density at radius 2 is 2.35 bits per heavy atom. The zero-order chi connectivity index (χ0) is 12.5. The highest BCUT2D eigenvalue weighted by molar-refractivity contribution is 7.91. The van der Waals surface area contributed by atoms with Gasteiger partial charge in [0.2, 0.25) is 0 Å². The van der Waals surface area contributed by atoms with Crippen molar-refractivity contribution in [3.63, 3.8) is 0 Å². The van der Waals surface area contributed by atoms with Crippen LogP contribution in [0, 0.1) is 5.92 Å². The first-order valence-corrected chi connectivity index (χ1v) is 7.57. The maximum atomic E-state index is 11.9. The molecule has 0 radical (unpaired) electrons. The highest BCUT2D eigenvalue weighted by Crippen LogP contribution is 2.20. The van der Waals surface area contributed by atoms with Gasteiger partial charge in [-0.2, -0.15) is 5.10 Å². The standard InChI is InChI=1S/C11H16N2O3S/c1-2-13-7-9(6-12-13)5-11(14)10-3-4-17(15,16)8-10/h6-7,10H,2-5,8H2,1H3. The molecule has 0 aromatic carbocycles. The van der Waals surface area contributed by atoms with E-state index in [1.54, 1.807) is 10.9 Å². The molecule has 1 saturated heterocycles. The van der Waals surface area contributed by atoms with Crippen molar-refractivity contribution in [1.82, 2.24) is 9.78 Å². The molecule has 2 rings (SSSR count). The smallest absolute Gasteiger partial charge is 0.151 e. The summed E-state index contributed by atoms with van der Waals surface area (Å²) in [6, 6.07) is 0. The molecule has 0 spiro atoms. The maximum absolute atomic E-state index is 11.9. The van der Waals surface area contributed by atoms with E-state index in [4.69, 9.17) is 0 Å². The molecular formula is C11H16N2O3S. The molecule has 1 fully saturated rings. The van der Waals surface area contributed by atoms with Crippen LogP contribution >= 0.6 is 0 Å². The number of aryl methyl sites for hydroxylation is 1. The molecule has 1 aromatic heterocycles. The van der Waals surface area contributed by atoms with Crippen molar-refractivity contribution < 1.29 is 13.2 Å². The predicted molar refractivity (Wildman–Crippen MR) is 63.4 cm³/mol. The van der Waals surface area contributed by atoms with Gasteiger partial charge in [-0.05, 0) is 18.9 Å². The monoisotopic (exact) mass is 256 g/mol. The largest absolute Gasteiger partial charge is 0.299 e. The summed E-state index contributed by atoms with van der Waals surface area (Å²) in [6.45, 7) is 2.74. The minimum absolute atomic E-state index is 0.0155. The van der Waals surface area contributed by atoms with Crippen LogP contribution < -0.4 is 0 Å². The summed E-state index contributed by atoms with van der Waals surface area (Å²) in [5, 5.41) is 4.09. The zero-order valence-corrected chi connectivity index (χ0v) is 10.6. The Balaban J connectivity index is 1.98. The van der Waals surface area contributed by atoms with E-state index in [9.17, 15) is 13.2 Å². The molecule has 6 heteroatoms. The number of rotatable bonds is 4. The van der Waals surface area contributed by atoms with E-state index < -0.39 is 9.84 Å². The van der Waals surface area contributed by atoms with Gasteiger partial charge in [0.15, 0.2) is 9.84 Å². The highest BCUT2D eigenvalue weighted by Gasteiger charge is 2.32. The maximum Gasteiger partial charge on any atom is 0.151 e. The fourth-order valence-corrected chi connectivity index (χ4v) is 3.84. The molecule has 17 heavy (non-hydrogen) atoms. The van der Waals surface area contributed by atoms with Crippen LogP contribution in [0.5, 0.6) is 0 Å². The predicted octanol–water partition coefficient (Wildman–Crippen LogP) is 0.449. The molecule has 0 amide bonds. The lowest BCUT2D eigenvalue weighted by molar-refractivity contribution is -0.121. The molecule has 94 valence electrons. The first-order chi connectivity index (χ1) is 8.00. The number of ketones is 1. The molecule has 1 aromatic rings. The van der Waals surface area contributed by atoms with Gasteiger partial charge in [0, 0.05) is 25.1 Å². The van der Waals surface area contributed by atoms with E-state index in [-0.39, 0.29) is 23.2 Å². The molecular weight excluding hydrogens is 240 g/mol. The molecule has 1 atom stereocenters. The second-order valence-electron chi connectivity index (χ2n) is 4.45. The van der Waals surface area contributed by atoms with Crippen LogP contribution in [-0.2, 0) is 27.6 Å². The quantitative estimate of drug-likeness (QED) is 0.784. The van der Waals surface area contributed by atoms with Gasteiger partial charge < -0.3 is 0 Å². The average Bonchev–Trinajstić information content (AvgIpc) is 2.84. The number of carbonyl (C=O) groups is 1. The zero-order valence-electron chi connectivity index (χ0n) is 9.80. The summed E-state index contributed by atoms with van der Waals surface area (Å²) in [5.41, 5.74) is 0.862. The molecule has 1 aliphatic heterocycles. The Morgan fingerprint density at radius 1 is 1.59 bits per heavy atom. The van der Waals surface area contributed by atoms with Crippen LogP contribution in [-0.4, -0.2) is 35.5 Å². The lowest BCUT2D eigenvalue weighted by Gasteiger charge is -2.04. The van der Waals surface area contributed by atoms with Gasteiger partial charge in [-0.15, -0.1) is 0 Å². The number of carbonyl (C=O) groups excluding carboxylic acids is 1. The lowest BCUT2D eigenvalue weighted by atomic mass is 9.99. The number of aromatic nitrogens is 2. The van der Waals surface area contributed by atoms with Gasteiger partial charge in [0.25, 0.3) is 0 Å². The Labute approximate surface area is 101 Å². The topological polar surface area (TPSA) is 69.0 Å². The van der Waals surface area contributed by atoms with E-state index in [2.05, 4.69) is 5.10 Å². The number of sulfone groups is 1. The summed E-state index contributed by atoms with van der Waals surface area (Å²) < 4.78 is 24.3. The second-order valence-corrected chi connectivity index (χ2v) is 6.68. The lowest BCUT2D eigenvalue weighted by Crippen LogP contribution is -2.17. The summed E-state index contributed by atoms with van der Waals surface area (Å²) in [4.78, 5) is 11.9. The van der Waals surface area contributed by atoms with Gasteiger partial charge >= 0.3 is 0 Å². The Bertz CT molecular complexity index is 519. The summed E-state index contributed by atoms with van der Waals surface area (Å²) in [7, 11) is -2.97. The van der Waals surface area contributed by atoms with Crippen molar-refractivity contribution >= 4 is 15.6 Å². The molecule has 0 N–H and O–H groups in total. The SMILES string of the molecule is CCn1cc(CC(=O)C2CCS(=O)(=O)C2)cn1. The van der Waals surface area contributed by atoms with Crippen molar-refractivity contribution in [3.8, 4) is 0 Å². The minimum atomic E-state index is -2.97. The van der Waals surface area contributed by atoms with Crippen LogP contribution in [0.3, 0.4) is 0 Å². The van der Waals surface area contributed by atoms with Gasteiger partial charge in [-0.1, -0.05) is 0 Å². The van der Waals surface area contributed by atoms with Gasteiger partial charge in [0.05, 0.1) is 17.7 Å². The highest BCUT2D eigenvalue weighted by atomic mass is 32.2. The molecule has 2 heterocycles. The van der Waals surface area contributed by atoms with E-state index in [0.717, 1.165) is 12.1 Å². The summed E-state index contributed by atoms with van der Waals surface area (Å²) >= 11 is 0. The van der Waals surface area contributed by atoms with Crippen LogP contribution in [0.15, 0.2) is 12.4 Å². The average molecular weight is 256 g/mol. The van der Waals surface area contributed by atoms with Crippen molar-refractivity contribution in [2.45, 2.75) is 26.3 Å². The first kappa shape index (κ1) is 12.3. The van der Waals surface area contributed by atoms with Crippen molar-refractivity contribution in [1.29, 1.82) is 0 Å². The van der Waals surface area contributed by atoms with Crippen molar-refractivity contribution in [2.24, 2.45) is 5.92 Å². The van der Waals surface area contributed by atoms with Gasteiger partial charge in [0.1, 0.15) is 5.78 Å². The number of hydrogen-bond acceptors (Lipinski definition) is 4. The Morgan fingerprint density at radius 3 is 2.88 bits per heavy atom. The summed E-state index contributed by atoms with van der Waals surface area (Å²) in [5.74, 6) is -0.127. The molecule has 0 saturated carbocycles. The van der Waals surface area contributed by atoms with E-state index >= 15 is 0 Å².